The molecule has 27 heavy (non-hydrogen) atoms. The number of amides is 1. The van der Waals surface area contributed by atoms with Gasteiger partial charge in [0.2, 0.25) is 0 Å². The van der Waals surface area contributed by atoms with E-state index in [2.05, 4.69) is 10.1 Å². The molecule has 0 N–H and O–H groups in total. The molecule has 0 bridgehead atoms. The molecule has 5 nitrogen and oxygen atoms in total. The fourth-order valence-corrected chi connectivity index (χ4v) is 3.44. The first kappa shape index (κ1) is 17.5. The van der Waals surface area contributed by atoms with Crippen LogP contribution in [0, 0.1) is 6.92 Å². The van der Waals surface area contributed by atoms with Crippen LogP contribution in [-0.4, -0.2) is 38.5 Å². The van der Waals surface area contributed by atoms with Gasteiger partial charge in [0.25, 0.3) is 5.91 Å². The van der Waals surface area contributed by atoms with E-state index < -0.39 is 11.9 Å². The summed E-state index contributed by atoms with van der Waals surface area (Å²) < 4.78 is 40.6. The normalized spacial score (nSPS) is 14.9. The second-order valence-corrected chi connectivity index (χ2v) is 6.64. The van der Waals surface area contributed by atoms with E-state index in [9.17, 15) is 18.0 Å². The van der Waals surface area contributed by atoms with Crippen LogP contribution in [-0.2, 0) is 19.0 Å². The molecule has 2 aromatic heterocycles. The van der Waals surface area contributed by atoms with Crippen LogP contribution in [0.4, 0.5) is 13.2 Å². The number of halogens is 3. The van der Waals surface area contributed by atoms with Crippen molar-refractivity contribution in [2.45, 2.75) is 25.9 Å². The average Bonchev–Trinajstić information content (AvgIpc) is 2.91. The third-order valence-electron chi connectivity index (χ3n) is 4.77. The summed E-state index contributed by atoms with van der Waals surface area (Å²) in [5.41, 5.74) is 1.67. The van der Waals surface area contributed by atoms with Gasteiger partial charge in [-0.05, 0) is 37.0 Å². The van der Waals surface area contributed by atoms with Crippen molar-refractivity contribution in [1.82, 2.24) is 19.5 Å². The number of carbonyl (C=O) groups is 1. The molecule has 0 unspecified atom stereocenters. The maximum Gasteiger partial charge on any atom is 0.433 e. The van der Waals surface area contributed by atoms with Crippen molar-refractivity contribution in [3.8, 4) is 0 Å². The summed E-state index contributed by atoms with van der Waals surface area (Å²) in [6, 6.07) is 10.3. The lowest BCUT2D eigenvalue weighted by Crippen LogP contribution is -2.33. The molecule has 0 spiro atoms. The van der Waals surface area contributed by atoms with Crippen LogP contribution in [0.5, 0.6) is 0 Å². The van der Waals surface area contributed by atoms with Crippen molar-refractivity contribution in [3.63, 3.8) is 0 Å². The predicted octanol–water partition coefficient (Wildman–Crippen LogP) is 3.30. The minimum atomic E-state index is -4.58. The van der Waals surface area contributed by atoms with E-state index in [-0.39, 0.29) is 22.9 Å². The Morgan fingerprint density at radius 2 is 1.70 bits per heavy atom. The number of rotatable bonds is 1. The van der Waals surface area contributed by atoms with Gasteiger partial charge in [-0.15, -0.1) is 0 Å². The monoisotopic (exact) mass is 374 g/mol. The SMILES string of the molecule is Cc1cc(C(F)(F)F)n2nc(C(=O)N3CCc4ccccc4CC3)cc2n1. The zero-order valence-corrected chi connectivity index (χ0v) is 14.6. The van der Waals surface area contributed by atoms with Crippen LogP contribution >= 0.6 is 0 Å². The zero-order chi connectivity index (χ0) is 19.2. The first-order valence-electron chi connectivity index (χ1n) is 8.63. The maximum absolute atomic E-state index is 13.3. The fourth-order valence-electron chi connectivity index (χ4n) is 3.44. The minimum absolute atomic E-state index is 0.0174. The highest BCUT2D eigenvalue weighted by molar-refractivity contribution is 5.93. The van der Waals surface area contributed by atoms with Crippen molar-refractivity contribution in [2.24, 2.45) is 0 Å². The molecule has 3 heterocycles. The zero-order valence-electron chi connectivity index (χ0n) is 14.6. The first-order chi connectivity index (χ1) is 12.8. The van der Waals surface area contributed by atoms with Gasteiger partial charge in [0.15, 0.2) is 11.3 Å². The van der Waals surface area contributed by atoms with E-state index in [0.29, 0.717) is 30.4 Å². The summed E-state index contributed by atoms with van der Waals surface area (Å²) in [6.07, 6.45) is -3.16. The lowest BCUT2D eigenvalue weighted by molar-refractivity contribution is -0.142. The summed E-state index contributed by atoms with van der Waals surface area (Å²) in [7, 11) is 0. The van der Waals surface area contributed by atoms with Crippen LogP contribution < -0.4 is 0 Å². The largest absolute Gasteiger partial charge is 0.433 e. The highest BCUT2D eigenvalue weighted by Gasteiger charge is 2.35. The van der Waals surface area contributed by atoms with Crippen molar-refractivity contribution < 1.29 is 18.0 Å². The number of hydrogen-bond donors (Lipinski definition) is 0. The number of fused-ring (bicyclic) bond motifs is 2. The third-order valence-corrected chi connectivity index (χ3v) is 4.77. The van der Waals surface area contributed by atoms with Gasteiger partial charge in [-0.3, -0.25) is 4.79 Å². The molecule has 3 aromatic rings. The Labute approximate surface area is 153 Å². The fraction of sp³-hybridized carbons (Fsp3) is 0.316. The van der Waals surface area contributed by atoms with Gasteiger partial charge >= 0.3 is 6.18 Å². The summed E-state index contributed by atoms with van der Waals surface area (Å²) in [5, 5.41) is 3.92. The van der Waals surface area contributed by atoms with E-state index in [0.717, 1.165) is 6.07 Å². The number of nitrogens with zero attached hydrogens (tertiary/aromatic N) is 4. The Balaban J connectivity index is 1.66. The van der Waals surface area contributed by atoms with Gasteiger partial charge in [-0.25, -0.2) is 9.50 Å². The van der Waals surface area contributed by atoms with Crippen LogP contribution in [0.25, 0.3) is 5.65 Å². The van der Waals surface area contributed by atoms with Gasteiger partial charge in [0.1, 0.15) is 5.69 Å². The molecule has 1 amide bonds. The van der Waals surface area contributed by atoms with Gasteiger partial charge in [-0.2, -0.15) is 18.3 Å². The second-order valence-electron chi connectivity index (χ2n) is 6.64. The highest BCUT2D eigenvalue weighted by atomic mass is 19.4. The van der Waals surface area contributed by atoms with E-state index in [4.69, 9.17) is 0 Å². The molecule has 0 aliphatic carbocycles. The summed E-state index contributed by atoms with van der Waals surface area (Å²) in [6.45, 7) is 2.49. The van der Waals surface area contributed by atoms with Crippen LogP contribution in [0.15, 0.2) is 36.4 Å². The molecule has 1 aromatic carbocycles. The number of aromatic nitrogens is 3. The Kier molecular flexibility index (Phi) is 4.13. The number of hydrogen-bond acceptors (Lipinski definition) is 3. The number of carbonyl (C=O) groups excluding carboxylic acids is 1. The summed E-state index contributed by atoms with van der Waals surface area (Å²) in [4.78, 5) is 18.6. The Hall–Kier alpha value is -2.90. The van der Waals surface area contributed by atoms with Crippen molar-refractivity contribution in [2.75, 3.05) is 13.1 Å². The minimum Gasteiger partial charge on any atom is -0.337 e. The van der Waals surface area contributed by atoms with Gasteiger partial charge in [0.05, 0.1) is 0 Å². The molecule has 0 fully saturated rings. The summed E-state index contributed by atoms with van der Waals surface area (Å²) >= 11 is 0. The summed E-state index contributed by atoms with van der Waals surface area (Å²) in [5.74, 6) is -0.376. The van der Waals surface area contributed by atoms with E-state index in [1.807, 2.05) is 24.3 Å². The maximum atomic E-state index is 13.3. The van der Waals surface area contributed by atoms with E-state index in [1.165, 1.54) is 24.1 Å². The Morgan fingerprint density at radius 1 is 1.07 bits per heavy atom. The van der Waals surface area contributed by atoms with Crippen molar-refractivity contribution in [3.05, 3.63) is 64.6 Å². The van der Waals surface area contributed by atoms with E-state index in [1.54, 1.807) is 4.90 Å². The molecule has 0 saturated carbocycles. The molecule has 0 radical (unpaired) electrons. The Morgan fingerprint density at radius 3 is 2.30 bits per heavy atom. The molecule has 4 rings (SSSR count). The van der Waals surface area contributed by atoms with Gasteiger partial charge < -0.3 is 4.90 Å². The Bertz CT molecular complexity index is 998. The molecule has 140 valence electrons. The van der Waals surface area contributed by atoms with Gasteiger partial charge in [0, 0.05) is 24.8 Å². The highest BCUT2D eigenvalue weighted by Crippen LogP contribution is 2.30. The molecular weight excluding hydrogens is 357 g/mol. The average molecular weight is 374 g/mol. The van der Waals surface area contributed by atoms with Crippen molar-refractivity contribution >= 4 is 11.6 Å². The molecule has 0 atom stereocenters. The van der Waals surface area contributed by atoms with Crippen LogP contribution in [0.1, 0.15) is 33.0 Å². The lowest BCUT2D eigenvalue weighted by Gasteiger charge is -2.18. The molecule has 1 aliphatic heterocycles. The van der Waals surface area contributed by atoms with Crippen molar-refractivity contribution in [1.29, 1.82) is 0 Å². The third kappa shape index (κ3) is 3.27. The molecule has 8 heteroatoms. The number of benzene rings is 1. The standard InChI is InChI=1S/C19H17F3N4O/c1-12-10-16(19(20,21)22)26-17(23-12)11-15(24-26)18(27)25-8-6-13-4-2-3-5-14(13)7-9-25/h2-5,10-11H,6-9H2,1H3. The number of alkyl halides is 3. The molecule has 0 saturated heterocycles. The van der Waals surface area contributed by atoms with Gasteiger partial charge in [-0.1, -0.05) is 24.3 Å². The van der Waals surface area contributed by atoms with Crippen LogP contribution in [0.3, 0.4) is 0 Å². The predicted molar refractivity (Wildman–Crippen MR) is 92.5 cm³/mol. The van der Waals surface area contributed by atoms with Crippen LogP contribution in [0.2, 0.25) is 0 Å². The molecular formula is C19H17F3N4O. The second kappa shape index (κ2) is 6.37. The quantitative estimate of drug-likeness (QED) is 0.657. The van der Waals surface area contributed by atoms with E-state index >= 15 is 0 Å². The first-order valence-corrected chi connectivity index (χ1v) is 8.63. The lowest BCUT2D eigenvalue weighted by atomic mass is 10.0. The molecule has 1 aliphatic rings. The number of aryl methyl sites for hydroxylation is 1. The topological polar surface area (TPSA) is 50.5 Å². The smallest absolute Gasteiger partial charge is 0.337 e.